The van der Waals surface area contributed by atoms with E-state index in [1.807, 2.05) is 42.5 Å². The molecule has 0 saturated heterocycles. The minimum absolute atomic E-state index is 0.0540. The van der Waals surface area contributed by atoms with E-state index in [9.17, 15) is 9.90 Å². The summed E-state index contributed by atoms with van der Waals surface area (Å²) in [5, 5.41) is 11.7. The van der Waals surface area contributed by atoms with Crippen molar-refractivity contribution in [2.45, 2.75) is 6.10 Å². The largest absolute Gasteiger partial charge is 0.490 e. The molecule has 4 nitrogen and oxygen atoms in total. The van der Waals surface area contributed by atoms with Crippen molar-refractivity contribution in [3.8, 4) is 5.75 Å². The number of hydrogen-bond donors (Lipinski definition) is 1. The zero-order valence-corrected chi connectivity index (χ0v) is 11.0. The molecule has 2 rings (SSSR count). The van der Waals surface area contributed by atoms with E-state index in [1.165, 1.54) is 0 Å². The first-order chi connectivity index (χ1) is 9.70. The number of ether oxygens (including phenoxy) is 2. The third-order valence-electron chi connectivity index (χ3n) is 2.77. The van der Waals surface area contributed by atoms with Crippen molar-refractivity contribution >= 4 is 16.7 Å². The second kappa shape index (κ2) is 6.73. The van der Waals surface area contributed by atoms with E-state index in [0.717, 1.165) is 16.8 Å². The predicted molar refractivity (Wildman–Crippen MR) is 76.6 cm³/mol. The average molecular weight is 272 g/mol. The van der Waals surface area contributed by atoms with Crippen LogP contribution < -0.4 is 4.74 Å². The molecule has 2 aromatic carbocycles. The Morgan fingerprint density at radius 1 is 1.20 bits per heavy atom. The molecule has 1 N–H and O–H groups in total. The van der Waals surface area contributed by atoms with Gasteiger partial charge >= 0.3 is 5.97 Å². The molecule has 0 bridgehead atoms. The molecular weight excluding hydrogens is 256 g/mol. The standard InChI is InChI=1S/C16H16O4/c1-2-16(18)20-11-13(17)10-19-15-9-5-7-12-6-3-4-8-14(12)15/h2-9,13,17H,1,10-11H2/t13-/m1/s1. The van der Waals surface area contributed by atoms with E-state index in [2.05, 4.69) is 6.58 Å². The van der Waals surface area contributed by atoms with Crippen LogP contribution in [-0.4, -0.2) is 30.4 Å². The molecule has 0 heterocycles. The van der Waals surface area contributed by atoms with E-state index < -0.39 is 12.1 Å². The van der Waals surface area contributed by atoms with E-state index in [0.29, 0.717) is 5.75 Å². The molecule has 0 saturated carbocycles. The maximum atomic E-state index is 10.9. The number of benzene rings is 2. The van der Waals surface area contributed by atoms with Gasteiger partial charge in [-0.2, -0.15) is 0 Å². The van der Waals surface area contributed by atoms with Gasteiger partial charge in [-0.3, -0.25) is 0 Å². The van der Waals surface area contributed by atoms with Gasteiger partial charge in [0.05, 0.1) is 0 Å². The molecular formula is C16H16O4. The Kier molecular flexibility index (Phi) is 4.74. The van der Waals surface area contributed by atoms with Crippen molar-refractivity contribution in [2.24, 2.45) is 0 Å². The Labute approximate surface area is 117 Å². The molecule has 0 fully saturated rings. The quantitative estimate of drug-likeness (QED) is 0.647. The van der Waals surface area contributed by atoms with Gasteiger partial charge in [0, 0.05) is 11.5 Å². The van der Waals surface area contributed by atoms with Crippen molar-refractivity contribution < 1.29 is 19.4 Å². The van der Waals surface area contributed by atoms with E-state index >= 15 is 0 Å². The van der Waals surface area contributed by atoms with Crippen molar-refractivity contribution in [1.29, 1.82) is 0 Å². The Morgan fingerprint density at radius 2 is 1.95 bits per heavy atom. The topological polar surface area (TPSA) is 55.8 Å². The Bertz CT molecular complexity index is 601. The fourth-order valence-corrected chi connectivity index (χ4v) is 1.79. The number of fused-ring (bicyclic) bond motifs is 1. The van der Waals surface area contributed by atoms with Crippen LogP contribution in [0.25, 0.3) is 10.8 Å². The van der Waals surface area contributed by atoms with Gasteiger partial charge in [-0.1, -0.05) is 43.0 Å². The number of esters is 1. The summed E-state index contributed by atoms with van der Waals surface area (Å²) in [7, 11) is 0. The molecule has 0 aliphatic rings. The lowest BCUT2D eigenvalue weighted by Gasteiger charge is -2.13. The van der Waals surface area contributed by atoms with Gasteiger partial charge in [0.1, 0.15) is 25.1 Å². The highest BCUT2D eigenvalue weighted by molar-refractivity contribution is 5.88. The molecule has 0 amide bonds. The predicted octanol–water partition coefficient (Wildman–Crippen LogP) is 2.31. The SMILES string of the molecule is C=CC(=O)OC[C@H](O)COc1cccc2ccccc12. The molecule has 104 valence electrons. The molecule has 0 spiro atoms. The van der Waals surface area contributed by atoms with E-state index in [-0.39, 0.29) is 13.2 Å². The lowest BCUT2D eigenvalue weighted by Crippen LogP contribution is -2.24. The summed E-state index contributed by atoms with van der Waals surface area (Å²) in [6, 6.07) is 13.5. The number of hydrogen-bond acceptors (Lipinski definition) is 4. The maximum absolute atomic E-state index is 10.9. The zero-order chi connectivity index (χ0) is 14.4. The van der Waals surface area contributed by atoms with Gasteiger partial charge in [-0.15, -0.1) is 0 Å². The summed E-state index contributed by atoms with van der Waals surface area (Å²) in [5.41, 5.74) is 0. The first-order valence-electron chi connectivity index (χ1n) is 6.28. The van der Waals surface area contributed by atoms with Crippen LogP contribution in [0.15, 0.2) is 55.1 Å². The number of rotatable bonds is 6. The summed E-state index contributed by atoms with van der Waals surface area (Å²) in [4.78, 5) is 10.9. The third-order valence-corrected chi connectivity index (χ3v) is 2.77. The first kappa shape index (κ1) is 14.1. The van der Waals surface area contributed by atoms with Gasteiger partial charge in [-0.25, -0.2) is 4.79 Å². The normalized spacial score (nSPS) is 11.8. The number of aliphatic hydroxyl groups excluding tert-OH is 1. The van der Waals surface area contributed by atoms with Crippen molar-refractivity contribution in [3.05, 3.63) is 55.1 Å². The summed E-state index contributed by atoms with van der Waals surface area (Å²) in [5.74, 6) is 0.131. The smallest absolute Gasteiger partial charge is 0.330 e. The zero-order valence-electron chi connectivity index (χ0n) is 11.0. The Hall–Kier alpha value is -2.33. The van der Waals surface area contributed by atoms with Gasteiger partial charge in [0.2, 0.25) is 0 Å². The van der Waals surface area contributed by atoms with Crippen LogP contribution in [0.2, 0.25) is 0 Å². The van der Waals surface area contributed by atoms with Gasteiger partial charge in [0.15, 0.2) is 0 Å². The average Bonchev–Trinajstić information content (AvgIpc) is 2.50. The van der Waals surface area contributed by atoms with E-state index in [1.54, 1.807) is 0 Å². The van der Waals surface area contributed by atoms with E-state index in [4.69, 9.17) is 9.47 Å². The number of carbonyl (C=O) groups excluding carboxylic acids is 1. The molecule has 2 aromatic rings. The number of carbonyl (C=O) groups is 1. The Balaban J connectivity index is 1.95. The highest BCUT2D eigenvalue weighted by Crippen LogP contribution is 2.25. The minimum Gasteiger partial charge on any atom is -0.490 e. The molecule has 0 aliphatic heterocycles. The van der Waals surface area contributed by atoms with Crippen LogP contribution in [0.1, 0.15) is 0 Å². The van der Waals surface area contributed by atoms with Crippen molar-refractivity contribution in [1.82, 2.24) is 0 Å². The maximum Gasteiger partial charge on any atom is 0.330 e. The van der Waals surface area contributed by atoms with Gasteiger partial charge in [0.25, 0.3) is 0 Å². The van der Waals surface area contributed by atoms with Crippen LogP contribution in [0, 0.1) is 0 Å². The third kappa shape index (κ3) is 3.59. The van der Waals surface area contributed by atoms with Crippen LogP contribution >= 0.6 is 0 Å². The molecule has 0 unspecified atom stereocenters. The molecule has 0 aliphatic carbocycles. The fourth-order valence-electron chi connectivity index (χ4n) is 1.79. The monoisotopic (exact) mass is 272 g/mol. The van der Waals surface area contributed by atoms with Gasteiger partial charge < -0.3 is 14.6 Å². The molecule has 4 heteroatoms. The summed E-state index contributed by atoms with van der Waals surface area (Å²) < 4.78 is 10.3. The highest BCUT2D eigenvalue weighted by Gasteiger charge is 2.09. The lowest BCUT2D eigenvalue weighted by atomic mass is 10.1. The Morgan fingerprint density at radius 3 is 2.75 bits per heavy atom. The van der Waals surface area contributed by atoms with Crippen LogP contribution in [-0.2, 0) is 9.53 Å². The summed E-state index contributed by atoms with van der Waals surface area (Å²) in [6.07, 6.45) is 0.177. The molecule has 1 atom stereocenters. The first-order valence-corrected chi connectivity index (χ1v) is 6.28. The fraction of sp³-hybridized carbons (Fsp3) is 0.188. The molecule has 0 aromatic heterocycles. The molecule has 0 radical (unpaired) electrons. The second-order valence-electron chi connectivity index (χ2n) is 4.28. The van der Waals surface area contributed by atoms with Crippen LogP contribution in [0.4, 0.5) is 0 Å². The second-order valence-corrected chi connectivity index (χ2v) is 4.28. The van der Waals surface area contributed by atoms with Crippen molar-refractivity contribution in [2.75, 3.05) is 13.2 Å². The molecule has 20 heavy (non-hydrogen) atoms. The summed E-state index contributed by atoms with van der Waals surface area (Å²) in [6.45, 7) is 3.22. The lowest BCUT2D eigenvalue weighted by molar-refractivity contribution is -0.141. The number of aliphatic hydroxyl groups is 1. The summed E-state index contributed by atoms with van der Waals surface area (Å²) >= 11 is 0. The highest BCUT2D eigenvalue weighted by atomic mass is 16.5. The van der Waals surface area contributed by atoms with Crippen LogP contribution in [0.3, 0.4) is 0 Å². The van der Waals surface area contributed by atoms with Crippen LogP contribution in [0.5, 0.6) is 5.75 Å². The van der Waals surface area contributed by atoms with Crippen molar-refractivity contribution in [3.63, 3.8) is 0 Å². The minimum atomic E-state index is -0.877. The van der Waals surface area contributed by atoms with Gasteiger partial charge in [-0.05, 0) is 11.5 Å².